The second-order valence-corrected chi connectivity index (χ2v) is 7.57. The van der Waals surface area contributed by atoms with Crippen LogP contribution in [-0.2, 0) is 14.4 Å². The first-order valence-corrected chi connectivity index (χ1v) is 9.40. The fraction of sp³-hybridized carbons (Fsp3) is 0.833. The number of aliphatic carboxylic acids is 1. The summed E-state index contributed by atoms with van der Waals surface area (Å²) in [4.78, 5) is 37.6. The van der Waals surface area contributed by atoms with Crippen molar-refractivity contribution in [3.05, 3.63) is 0 Å². The molecule has 2 amide bonds. The minimum Gasteiger partial charge on any atom is -0.480 e. The zero-order valence-corrected chi connectivity index (χ0v) is 14.2. The first-order valence-electron chi connectivity index (χ1n) is 9.40. The van der Waals surface area contributed by atoms with E-state index in [1.54, 1.807) is 4.90 Å². The molecule has 6 heteroatoms. The molecular weight excluding hydrogens is 308 g/mol. The Bertz CT molecular complexity index is 493. The summed E-state index contributed by atoms with van der Waals surface area (Å²) >= 11 is 0. The van der Waals surface area contributed by atoms with Crippen LogP contribution in [0.4, 0.5) is 0 Å². The summed E-state index contributed by atoms with van der Waals surface area (Å²) in [7, 11) is 0. The molecule has 0 spiro atoms. The number of carbonyl (C=O) groups excluding carboxylic acids is 2. The molecule has 0 aromatic heterocycles. The zero-order chi connectivity index (χ0) is 17.1. The fourth-order valence-electron chi connectivity index (χ4n) is 4.51. The molecule has 3 rings (SSSR count). The molecule has 1 saturated heterocycles. The summed E-state index contributed by atoms with van der Waals surface area (Å²) in [6.45, 7) is 0.564. The third kappa shape index (κ3) is 3.73. The van der Waals surface area contributed by atoms with Crippen molar-refractivity contribution in [1.29, 1.82) is 0 Å². The average molecular weight is 336 g/mol. The molecule has 2 saturated carbocycles. The number of carbonyl (C=O) groups is 3. The summed E-state index contributed by atoms with van der Waals surface area (Å²) in [5.41, 5.74) is 0. The number of hydrogen-bond acceptors (Lipinski definition) is 3. The number of likely N-dealkylation sites (tertiary alicyclic amines) is 1. The number of rotatable bonds is 4. The SMILES string of the molecule is O=C(NC1CCC(C(=O)N2CCCC2C(=O)O)CC1)C1CCCC1. The minimum atomic E-state index is -0.890. The number of carboxylic acid groups (broad SMARTS) is 1. The summed E-state index contributed by atoms with van der Waals surface area (Å²) < 4.78 is 0. The second-order valence-electron chi connectivity index (χ2n) is 7.57. The van der Waals surface area contributed by atoms with Crippen molar-refractivity contribution in [3.63, 3.8) is 0 Å². The molecule has 0 aromatic rings. The van der Waals surface area contributed by atoms with E-state index in [9.17, 15) is 19.5 Å². The van der Waals surface area contributed by atoms with Crippen molar-refractivity contribution in [2.75, 3.05) is 6.54 Å². The van der Waals surface area contributed by atoms with Gasteiger partial charge in [-0.15, -0.1) is 0 Å². The highest BCUT2D eigenvalue weighted by Gasteiger charge is 2.38. The van der Waals surface area contributed by atoms with Gasteiger partial charge in [-0.05, 0) is 51.4 Å². The standard InChI is InChI=1S/C18H28N2O4/c21-16(12-4-1-2-5-12)19-14-9-7-13(8-10-14)17(22)20-11-3-6-15(20)18(23)24/h12-15H,1-11H2,(H,19,21)(H,23,24). The quantitative estimate of drug-likeness (QED) is 0.821. The van der Waals surface area contributed by atoms with Crippen molar-refractivity contribution >= 4 is 17.8 Å². The number of carboxylic acids is 1. The van der Waals surface area contributed by atoms with Crippen molar-refractivity contribution in [2.24, 2.45) is 11.8 Å². The predicted molar refractivity (Wildman–Crippen MR) is 88.2 cm³/mol. The van der Waals surface area contributed by atoms with E-state index in [2.05, 4.69) is 5.32 Å². The highest BCUT2D eigenvalue weighted by molar-refractivity contribution is 5.85. The summed E-state index contributed by atoms with van der Waals surface area (Å²) in [5.74, 6) is -0.596. The van der Waals surface area contributed by atoms with E-state index in [-0.39, 0.29) is 29.7 Å². The van der Waals surface area contributed by atoms with Crippen LogP contribution in [0.25, 0.3) is 0 Å². The van der Waals surface area contributed by atoms with Crippen LogP contribution in [0.15, 0.2) is 0 Å². The van der Waals surface area contributed by atoms with Gasteiger partial charge in [-0.2, -0.15) is 0 Å². The van der Waals surface area contributed by atoms with Gasteiger partial charge in [0, 0.05) is 24.4 Å². The normalized spacial score (nSPS) is 31.2. The Morgan fingerprint density at radius 3 is 2.12 bits per heavy atom. The highest BCUT2D eigenvalue weighted by atomic mass is 16.4. The maximum Gasteiger partial charge on any atom is 0.326 e. The summed E-state index contributed by atoms with van der Waals surface area (Å²) in [6, 6.07) is -0.465. The molecule has 0 aromatic carbocycles. The van der Waals surface area contributed by atoms with Crippen LogP contribution in [-0.4, -0.2) is 46.4 Å². The van der Waals surface area contributed by atoms with Crippen LogP contribution in [0.3, 0.4) is 0 Å². The molecule has 134 valence electrons. The van der Waals surface area contributed by atoms with E-state index in [0.717, 1.165) is 57.8 Å². The molecule has 0 radical (unpaired) electrons. The number of nitrogens with one attached hydrogen (secondary N) is 1. The third-order valence-corrected chi connectivity index (χ3v) is 5.97. The van der Waals surface area contributed by atoms with Gasteiger partial charge in [-0.3, -0.25) is 9.59 Å². The second kappa shape index (κ2) is 7.53. The molecule has 24 heavy (non-hydrogen) atoms. The van der Waals surface area contributed by atoms with Crippen molar-refractivity contribution < 1.29 is 19.5 Å². The Balaban J connectivity index is 1.47. The average Bonchev–Trinajstić information content (AvgIpc) is 3.26. The molecule has 2 N–H and O–H groups in total. The molecule has 1 unspecified atom stereocenters. The molecule has 1 aliphatic heterocycles. The number of amides is 2. The fourth-order valence-corrected chi connectivity index (χ4v) is 4.51. The van der Waals surface area contributed by atoms with Gasteiger partial charge in [-0.1, -0.05) is 12.8 Å². The highest BCUT2D eigenvalue weighted by Crippen LogP contribution is 2.30. The molecule has 3 fully saturated rings. The Hall–Kier alpha value is -1.59. The summed E-state index contributed by atoms with van der Waals surface area (Å²) in [5, 5.41) is 12.4. The Morgan fingerprint density at radius 2 is 1.50 bits per heavy atom. The lowest BCUT2D eigenvalue weighted by Gasteiger charge is -2.32. The van der Waals surface area contributed by atoms with Gasteiger partial charge in [0.1, 0.15) is 6.04 Å². The van der Waals surface area contributed by atoms with Gasteiger partial charge in [0.15, 0.2) is 0 Å². The third-order valence-electron chi connectivity index (χ3n) is 5.97. The van der Waals surface area contributed by atoms with Crippen LogP contribution in [0.2, 0.25) is 0 Å². The molecule has 2 aliphatic carbocycles. The van der Waals surface area contributed by atoms with E-state index < -0.39 is 12.0 Å². The van der Waals surface area contributed by atoms with E-state index in [4.69, 9.17) is 0 Å². The van der Waals surface area contributed by atoms with E-state index in [0.29, 0.717) is 13.0 Å². The molecule has 3 aliphatic rings. The van der Waals surface area contributed by atoms with Crippen LogP contribution in [0, 0.1) is 11.8 Å². The molecule has 1 atom stereocenters. The van der Waals surface area contributed by atoms with Gasteiger partial charge < -0.3 is 15.3 Å². The van der Waals surface area contributed by atoms with Gasteiger partial charge in [0.2, 0.25) is 11.8 Å². The zero-order valence-electron chi connectivity index (χ0n) is 14.2. The van der Waals surface area contributed by atoms with Crippen LogP contribution in [0.5, 0.6) is 0 Å². The Morgan fingerprint density at radius 1 is 0.833 bits per heavy atom. The number of hydrogen-bond donors (Lipinski definition) is 2. The Kier molecular flexibility index (Phi) is 5.41. The topological polar surface area (TPSA) is 86.7 Å². The van der Waals surface area contributed by atoms with Crippen LogP contribution >= 0.6 is 0 Å². The van der Waals surface area contributed by atoms with Gasteiger partial charge >= 0.3 is 5.97 Å². The molecule has 0 bridgehead atoms. The minimum absolute atomic E-state index is 0.000435. The van der Waals surface area contributed by atoms with Gasteiger partial charge in [-0.25, -0.2) is 4.79 Å². The smallest absolute Gasteiger partial charge is 0.326 e. The Labute approximate surface area is 143 Å². The van der Waals surface area contributed by atoms with Crippen LogP contribution < -0.4 is 5.32 Å². The maximum absolute atomic E-state index is 12.6. The summed E-state index contributed by atoms with van der Waals surface area (Å²) in [6.07, 6.45) is 8.79. The van der Waals surface area contributed by atoms with Crippen molar-refractivity contribution in [2.45, 2.75) is 76.3 Å². The van der Waals surface area contributed by atoms with Crippen LogP contribution in [0.1, 0.15) is 64.2 Å². The van der Waals surface area contributed by atoms with Gasteiger partial charge in [0.25, 0.3) is 0 Å². The van der Waals surface area contributed by atoms with Gasteiger partial charge in [0.05, 0.1) is 0 Å². The first-order chi connectivity index (χ1) is 11.6. The largest absolute Gasteiger partial charge is 0.480 e. The monoisotopic (exact) mass is 336 g/mol. The maximum atomic E-state index is 12.6. The lowest BCUT2D eigenvalue weighted by molar-refractivity contribution is -0.150. The first kappa shape index (κ1) is 17.2. The molecular formula is C18H28N2O4. The lowest BCUT2D eigenvalue weighted by atomic mass is 9.84. The lowest BCUT2D eigenvalue weighted by Crippen LogP contribution is -2.46. The van der Waals surface area contributed by atoms with E-state index >= 15 is 0 Å². The van der Waals surface area contributed by atoms with Crippen molar-refractivity contribution in [1.82, 2.24) is 10.2 Å². The van der Waals surface area contributed by atoms with E-state index in [1.165, 1.54) is 0 Å². The molecule has 1 heterocycles. The number of nitrogens with zero attached hydrogens (tertiary/aromatic N) is 1. The van der Waals surface area contributed by atoms with Crippen molar-refractivity contribution in [3.8, 4) is 0 Å². The van der Waals surface area contributed by atoms with E-state index in [1.807, 2.05) is 0 Å². The molecule has 6 nitrogen and oxygen atoms in total. The predicted octanol–water partition coefficient (Wildman–Crippen LogP) is 1.93.